The minimum atomic E-state index is -1.90. The lowest BCUT2D eigenvalue weighted by Gasteiger charge is -2.48. The van der Waals surface area contributed by atoms with Crippen LogP contribution in [-0.4, -0.2) is 122 Å². The number of hydrogen-bond donors (Lipinski definition) is 1. The van der Waals surface area contributed by atoms with Crippen LogP contribution < -0.4 is 0 Å². The van der Waals surface area contributed by atoms with E-state index in [2.05, 4.69) is 0 Å². The lowest BCUT2D eigenvalue weighted by Crippen LogP contribution is -2.67. The maximum Gasteiger partial charge on any atom is 0.306 e. The minimum absolute atomic E-state index is 0.0285. The summed E-state index contributed by atoms with van der Waals surface area (Å²) in [7, 11) is 0. The average molecular weight is 735 g/mol. The molecule has 2 heterocycles. The molecule has 2 aliphatic rings. The van der Waals surface area contributed by atoms with Crippen molar-refractivity contribution in [3.05, 3.63) is 0 Å². The summed E-state index contributed by atoms with van der Waals surface area (Å²) in [4.78, 5) is 87.7. The van der Waals surface area contributed by atoms with Crippen molar-refractivity contribution >= 4 is 41.8 Å². The molecule has 0 spiro atoms. The molecule has 2 saturated heterocycles. The molecule has 0 aromatic heterocycles. The van der Waals surface area contributed by atoms with E-state index in [-0.39, 0.29) is 44.9 Å². The quantitative estimate of drug-likeness (QED) is 0.155. The maximum atomic E-state index is 12.8. The van der Waals surface area contributed by atoms with Gasteiger partial charge in [-0.05, 0) is 0 Å². The summed E-state index contributed by atoms with van der Waals surface area (Å²) in [5, 5.41) is 10.9. The van der Waals surface area contributed by atoms with Gasteiger partial charge in [-0.1, -0.05) is 48.5 Å². The van der Waals surface area contributed by atoms with Crippen molar-refractivity contribution in [1.29, 1.82) is 0 Å². The highest BCUT2D eigenvalue weighted by atomic mass is 16.8. The molecule has 1 N–H and O–H groups in total. The van der Waals surface area contributed by atoms with Crippen LogP contribution in [-0.2, 0) is 80.9 Å². The molecule has 2 fully saturated rings. The maximum absolute atomic E-state index is 12.8. The van der Waals surface area contributed by atoms with E-state index in [0.717, 1.165) is 0 Å². The van der Waals surface area contributed by atoms with Crippen LogP contribution in [0.4, 0.5) is 0 Å². The zero-order chi connectivity index (χ0) is 38.2. The van der Waals surface area contributed by atoms with Gasteiger partial charge in [-0.2, -0.15) is 0 Å². The number of rotatable bonds is 18. The molecule has 0 aromatic carbocycles. The van der Waals surface area contributed by atoms with Gasteiger partial charge in [0.2, 0.25) is 0 Å². The third kappa shape index (κ3) is 12.7. The van der Waals surface area contributed by atoms with Gasteiger partial charge in [0.25, 0.3) is 0 Å². The second-order valence-corrected chi connectivity index (χ2v) is 11.3. The smallest absolute Gasteiger partial charge is 0.306 e. The molecule has 290 valence electrons. The summed E-state index contributed by atoms with van der Waals surface area (Å²) >= 11 is 0. The largest absolute Gasteiger partial charge is 0.463 e. The highest BCUT2D eigenvalue weighted by molar-refractivity contribution is 5.72. The van der Waals surface area contributed by atoms with Crippen molar-refractivity contribution in [2.24, 2.45) is 0 Å². The molecule has 2 rings (SSSR count). The van der Waals surface area contributed by atoms with Crippen molar-refractivity contribution in [3.8, 4) is 0 Å². The van der Waals surface area contributed by atoms with Crippen LogP contribution in [0.15, 0.2) is 0 Å². The van der Waals surface area contributed by atoms with Gasteiger partial charge in [-0.15, -0.1) is 0 Å². The van der Waals surface area contributed by atoms with Crippen LogP contribution in [0.3, 0.4) is 0 Å². The van der Waals surface area contributed by atoms with Crippen LogP contribution in [0.1, 0.15) is 93.4 Å². The molecular formula is C33H50O18. The minimum Gasteiger partial charge on any atom is -0.463 e. The van der Waals surface area contributed by atoms with E-state index in [1.807, 2.05) is 0 Å². The topological polar surface area (TPSA) is 232 Å². The highest BCUT2D eigenvalue weighted by Crippen LogP contribution is 2.35. The Morgan fingerprint density at radius 3 is 1.18 bits per heavy atom. The predicted octanol–water partition coefficient (Wildman–Crippen LogP) is 1.33. The van der Waals surface area contributed by atoms with Gasteiger partial charge >= 0.3 is 41.8 Å². The van der Waals surface area contributed by atoms with Gasteiger partial charge < -0.3 is 52.5 Å². The van der Waals surface area contributed by atoms with Crippen LogP contribution in [0.5, 0.6) is 0 Å². The lowest BCUT2D eigenvalue weighted by atomic mass is 9.96. The summed E-state index contributed by atoms with van der Waals surface area (Å²) < 4.78 is 56.8. The number of ether oxygens (including phenoxy) is 10. The molecule has 0 aliphatic carbocycles. The lowest BCUT2D eigenvalue weighted by molar-refractivity contribution is -0.357. The normalized spacial score (nSPS) is 28.8. The molecule has 0 amide bonds. The molecule has 18 heteroatoms. The van der Waals surface area contributed by atoms with E-state index in [1.54, 1.807) is 6.92 Å². The summed E-state index contributed by atoms with van der Waals surface area (Å²) in [6.45, 7) is 9.41. The molecule has 0 aromatic rings. The van der Waals surface area contributed by atoms with Crippen LogP contribution in [0.25, 0.3) is 0 Å². The Bertz CT molecular complexity index is 1200. The first-order valence-electron chi connectivity index (χ1n) is 17.2. The Balaban J connectivity index is 2.77. The van der Waals surface area contributed by atoms with E-state index in [9.17, 15) is 38.7 Å². The molecule has 0 bridgehead atoms. The van der Waals surface area contributed by atoms with E-state index in [4.69, 9.17) is 47.4 Å². The van der Waals surface area contributed by atoms with Crippen molar-refractivity contribution < 1.29 is 86.0 Å². The first-order chi connectivity index (χ1) is 24.3. The third-order valence-corrected chi connectivity index (χ3v) is 7.67. The Morgan fingerprint density at radius 2 is 0.765 bits per heavy atom. The zero-order valence-electron chi connectivity index (χ0n) is 30.0. The standard InChI is InChI=1S/C33H50O18/c1-8-19(34)42-15-17-27(28(47-22(37)11-4)30(32(41)44-17)49-24(39)13-6)51-33-31(50-25(40)14-7)29(48-23(38)12-5)26(46-21(36)10-3)18(45-33)16-43-20(35)9-2/h17-18,26-33,41H,8-16H2,1-7H3/t17-,18-,26+,27-,28+,29+,30-,31-,32?,33+/m1/s1. The molecule has 10 atom stereocenters. The Labute approximate surface area is 295 Å². The Morgan fingerprint density at radius 1 is 0.431 bits per heavy atom. The van der Waals surface area contributed by atoms with Crippen molar-refractivity contribution in [2.75, 3.05) is 13.2 Å². The van der Waals surface area contributed by atoms with E-state index in [1.165, 1.54) is 41.5 Å². The number of carbonyl (C=O) groups is 7. The van der Waals surface area contributed by atoms with Gasteiger partial charge in [0.15, 0.2) is 43.1 Å². The van der Waals surface area contributed by atoms with Crippen LogP contribution in [0, 0.1) is 0 Å². The Kier molecular flexibility index (Phi) is 18.2. The molecule has 1 unspecified atom stereocenters. The summed E-state index contributed by atoms with van der Waals surface area (Å²) in [5.41, 5.74) is 0. The number of carbonyl (C=O) groups excluding carboxylic acids is 7. The fraction of sp³-hybridized carbons (Fsp3) is 0.788. The molecule has 51 heavy (non-hydrogen) atoms. The van der Waals surface area contributed by atoms with Crippen molar-refractivity contribution in [1.82, 2.24) is 0 Å². The van der Waals surface area contributed by atoms with Crippen molar-refractivity contribution in [2.45, 2.75) is 155 Å². The van der Waals surface area contributed by atoms with Gasteiger partial charge in [-0.25, -0.2) is 0 Å². The third-order valence-electron chi connectivity index (χ3n) is 7.67. The first-order valence-corrected chi connectivity index (χ1v) is 17.2. The predicted molar refractivity (Wildman–Crippen MR) is 168 cm³/mol. The fourth-order valence-corrected chi connectivity index (χ4v) is 4.86. The fourth-order valence-electron chi connectivity index (χ4n) is 4.86. The summed E-state index contributed by atoms with van der Waals surface area (Å²) in [5.74, 6) is -5.31. The number of aliphatic hydroxyl groups excluding tert-OH is 1. The van der Waals surface area contributed by atoms with E-state index in [0.29, 0.717) is 0 Å². The van der Waals surface area contributed by atoms with Crippen LogP contribution >= 0.6 is 0 Å². The summed E-state index contributed by atoms with van der Waals surface area (Å²) in [6, 6.07) is 0. The molecule has 2 aliphatic heterocycles. The van der Waals surface area contributed by atoms with Gasteiger partial charge in [-0.3, -0.25) is 33.6 Å². The molecule has 0 radical (unpaired) electrons. The molecule has 0 saturated carbocycles. The number of esters is 7. The second kappa shape index (κ2) is 21.5. The first kappa shape index (κ1) is 43.3. The molecular weight excluding hydrogens is 684 g/mol. The SMILES string of the molecule is CCC(=O)OC[C@H]1O[C@@H](O[C@H]2[C@H](OC(=O)CC)[C@@H](OC(=O)CC)C(O)O[C@@H]2COC(=O)CC)[C@H](OC(=O)CC)[C@@H](OC(=O)CC)[C@H]1OC(=O)CC. The van der Waals surface area contributed by atoms with Crippen molar-refractivity contribution in [3.63, 3.8) is 0 Å². The zero-order valence-corrected chi connectivity index (χ0v) is 30.0. The Hall–Kier alpha value is -3.87. The second-order valence-electron chi connectivity index (χ2n) is 11.3. The van der Waals surface area contributed by atoms with E-state index < -0.39 is 116 Å². The van der Waals surface area contributed by atoms with Crippen LogP contribution in [0.2, 0.25) is 0 Å². The van der Waals surface area contributed by atoms with Gasteiger partial charge in [0.05, 0.1) is 0 Å². The van der Waals surface area contributed by atoms with Gasteiger partial charge in [0, 0.05) is 44.9 Å². The summed E-state index contributed by atoms with van der Waals surface area (Å²) in [6.07, 6.45) is -17.1. The van der Waals surface area contributed by atoms with Gasteiger partial charge in [0.1, 0.15) is 31.5 Å². The highest BCUT2D eigenvalue weighted by Gasteiger charge is 2.57. The van der Waals surface area contributed by atoms with E-state index >= 15 is 0 Å². The molecule has 18 nitrogen and oxygen atoms in total. The number of hydrogen-bond acceptors (Lipinski definition) is 18. The average Bonchev–Trinajstić information content (AvgIpc) is 3.13. The monoisotopic (exact) mass is 734 g/mol. The number of aliphatic hydroxyl groups is 1.